The lowest BCUT2D eigenvalue weighted by Gasteiger charge is -2.07. The van der Waals surface area contributed by atoms with Gasteiger partial charge in [-0.1, -0.05) is 28.1 Å². The highest BCUT2D eigenvalue weighted by Gasteiger charge is 2.02. The third kappa shape index (κ3) is 2.61. The first-order valence-electron chi connectivity index (χ1n) is 4.02. The Morgan fingerprint density at radius 3 is 2.67 bits per heavy atom. The molecular formula is C10H13BrO. The van der Waals surface area contributed by atoms with Crippen molar-refractivity contribution in [3.05, 3.63) is 33.8 Å². The van der Waals surface area contributed by atoms with Crippen LogP contribution >= 0.6 is 15.9 Å². The number of aliphatic hydroxyl groups is 1. The Hall–Kier alpha value is -0.340. The van der Waals surface area contributed by atoms with Crippen molar-refractivity contribution in [2.75, 3.05) is 0 Å². The van der Waals surface area contributed by atoms with Crippen LogP contribution in [0.15, 0.2) is 22.7 Å². The fraction of sp³-hybridized carbons (Fsp3) is 0.400. The fourth-order valence-corrected chi connectivity index (χ4v) is 1.79. The van der Waals surface area contributed by atoms with E-state index in [0.717, 1.165) is 10.0 Å². The predicted molar refractivity (Wildman–Crippen MR) is 54.3 cm³/mol. The van der Waals surface area contributed by atoms with Gasteiger partial charge in [0.25, 0.3) is 0 Å². The van der Waals surface area contributed by atoms with Gasteiger partial charge in [-0.3, -0.25) is 0 Å². The van der Waals surface area contributed by atoms with Crippen LogP contribution in [-0.2, 0) is 6.42 Å². The maximum absolute atomic E-state index is 9.18. The zero-order chi connectivity index (χ0) is 9.14. The van der Waals surface area contributed by atoms with Crippen molar-refractivity contribution in [3.63, 3.8) is 0 Å². The Balaban J connectivity index is 2.86. The molecule has 0 bridgehead atoms. The molecule has 0 saturated heterocycles. The van der Waals surface area contributed by atoms with Gasteiger partial charge in [0.15, 0.2) is 0 Å². The van der Waals surface area contributed by atoms with E-state index in [-0.39, 0.29) is 6.10 Å². The maximum atomic E-state index is 9.18. The quantitative estimate of drug-likeness (QED) is 0.826. The number of aliphatic hydroxyl groups excluding tert-OH is 1. The van der Waals surface area contributed by atoms with Crippen molar-refractivity contribution >= 4 is 15.9 Å². The molecule has 0 aliphatic carbocycles. The van der Waals surface area contributed by atoms with Gasteiger partial charge in [0.1, 0.15) is 0 Å². The highest BCUT2D eigenvalue weighted by molar-refractivity contribution is 9.10. The first-order valence-corrected chi connectivity index (χ1v) is 4.82. The lowest BCUT2D eigenvalue weighted by molar-refractivity contribution is 0.195. The summed E-state index contributed by atoms with van der Waals surface area (Å²) in [7, 11) is 0. The van der Waals surface area contributed by atoms with E-state index in [9.17, 15) is 5.11 Å². The van der Waals surface area contributed by atoms with Crippen molar-refractivity contribution in [1.82, 2.24) is 0 Å². The Kier molecular flexibility index (Phi) is 3.29. The van der Waals surface area contributed by atoms with E-state index in [0.29, 0.717) is 6.42 Å². The van der Waals surface area contributed by atoms with Crippen LogP contribution in [-0.4, -0.2) is 11.2 Å². The van der Waals surface area contributed by atoms with Gasteiger partial charge >= 0.3 is 0 Å². The summed E-state index contributed by atoms with van der Waals surface area (Å²) in [6.45, 7) is 3.85. The van der Waals surface area contributed by atoms with Crippen molar-refractivity contribution < 1.29 is 5.11 Å². The van der Waals surface area contributed by atoms with Crippen LogP contribution in [0.4, 0.5) is 0 Å². The predicted octanol–water partition coefficient (Wildman–Crippen LogP) is 2.68. The SMILES string of the molecule is Cc1ccc(C[C@H](C)O)c(Br)c1. The lowest BCUT2D eigenvalue weighted by Crippen LogP contribution is -2.04. The molecule has 12 heavy (non-hydrogen) atoms. The molecule has 0 aliphatic rings. The zero-order valence-electron chi connectivity index (χ0n) is 7.34. The van der Waals surface area contributed by atoms with Gasteiger partial charge in [-0.2, -0.15) is 0 Å². The molecule has 0 saturated carbocycles. The second-order valence-corrected chi connectivity index (χ2v) is 4.00. The standard InChI is InChI=1S/C10H13BrO/c1-7-3-4-9(6-8(2)12)10(11)5-7/h3-5,8,12H,6H2,1-2H3/t8-/m0/s1. The summed E-state index contributed by atoms with van der Waals surface area (Å²) in [5.41, 5.74) is 2.40. The third-order valence-corrected chi connectivity index (χ3v) is 2.46. The number of benzene rings is 1. The molecule has 1 nitrogen and oxygen atoms in total. The molecular weight excluding hydrogens is 216 g/mol. The largest absolute Gasteiger partial charge is 0.393 e. The second-order valence-electron chi connectivity index (χ2n) is 3.15. The average molecular weight is 229 g/mol. The van der Waals surface area contributed by atoms with E-state index < -0.39 is 0 Å². The van der Waals surface area contributed by atoms with Gasteiger partial charge in [-0.15, -0.1) is 0 Å². The van der Waals surface area contributed by atoms with Crippen LogP contribution in [0.3, 0.4) is 0 Å². The average Bonchev–Trinajstić information content (AvgIpc) is 1.94. The number of hydrogen-bond acceptors (Lipinski definition) is 1. The summed E-state index contributed by atoms with van der Waals surface area (Å²) in [6, 6.07) is 6.17. The molecule has 0 amide bonds. The second kappa shape index (κ2) is 4.06. The first-order chi connectivity index (χ1) is 5.59. The fourth-order valence-electron chi connectivity index (χ4n) is 1.14. The molecule has 1 aromatic rings. The number of hydrogen-bond donors (Lipinski definition) is 1. The molecule has 66 valence electrons. The van der Waals surface area contributed by atoms with Crippen LogP contribution in [0.5, 0.6) is 0 Å². The molecule has 0 unspecified atom stereocenters. The molecule has 1 aromatic carbocycles. The maximum Gasteiger partial charge on any atom is 0.0552 e. The van der Waals surface area contributed by atoms with E-state index in [4.69, 9.17) is 0 Å². The normalized spacial score (nSPS) is 13.0. The van der Waals surface area contributed by atoms with E-state index in [1.165, 1.54) is 5.56 Å². The lowest BCUT2D eigenvalue weighted by atomic mass is 10.1. The zero-order valence-corrected chi connectivity index (χ0v) is 8.93. The van der Waals surface area contributed by atoms with E-state index in [1.807, 2.05) is 6.07 Å². The number of aryl methyl sites for hydroxylation is 1. The molecule has 0 aliphatic heterocycles. The minimum absolute atomic E-state index is 0.274. The number of halogens is 1. The molecule has 1 atom stereocenters. The highest BCUT2D eigenvalue weighted by Crippen LogP contribution is 2.19. The summed E-state index contributed by atoms with van der Waals surface area (Å²) >= 11 is 3.46. The molecule has 1 N–H and O–H groups in total. The summed E-state index contributed by atoms with van der Waals surface area (Å²) in [5, 5.41) is 9.18. The third-order valence-electron chi connectivity index (χ3n) is 1.72. The molecule has 2 heteroatoms. The minimum Gasteiger partial charge on any atom is -0.393 e. The van der Waals surface area contributed by atoms with Crippen molar-refractivity contribution in [1.29, 1.82) is 0 Å². The van der Waals surface area contributed by atoms with Gasteiger partial charge in [-0.25, -0.2) is 0 Å². The van der Waals surface area contributed by atoms with E-state index in [2.05, 4.69) is 35.0 Å². The minimum atomic E-state index is -0.274. The highest BCUT2D eigenvalue weighted by atomic mass is 79.9. The van der Waals surface area contributed by atoms with Crippen LogP contribution in [0.2, 0.25) is 0 Å². The van der Waals surface area contributed by atoms with Crippen LogP contribution in [0.25, 0.3) is 0 Å². The Bertz CT molecular complexity index is 269. The Morgan fingerprint density at radius 1 is 1.50 bits per heavy atom. The van der Waals surface area contributed by atoms with Crippen LogP contribution in [0.1, 0.15) is 18.1 Å². The topological polar surface area (TPSA) is 20.2 Å². The Morgan fingerprint density at radius 2 is 2.17 bits per heavy atom. The van der Waals surface area contributed by atoms with Gasteiger partial charge in [-0.05, 0) is 37.5 Å². The molecule has 1 rings (SSSR count). The molecule has 0 heterocycles. The van der Waals surface area contributed by atoms with Gasteiger partial charge in [0.2, 0.25) is 0 Å². The summed E-state index contributed by atoms with van der Waals surface area (Å²) in [5.74, 6) is 0. The van der Waals surface area contributed by atoms with Crippen molar-refractivity contribution in [3.8, 4) is 0 Å². The molecule has 0 fully saturated rings. The van der Waals surface area contributed by atoms with Crippen molar-refractivity contribution in [2.45, 2.75) is 26.4 Å². The van der Waals surface area contributed by atoms with E-state index in [1.54, 1.807) is 6.92 Å². The summed E-state index contributed by atoms with van der Waals surface area (Å²) < 4.78 is 1.09. The monoisotopic (exact) mass is 228 g/mol. The van der Waals surface area contributed by atoms with Gasteiger partial charge < -0.3 is 5.11 Å². The van der Waals surface area contributed by atoms with E-state index >= 15 is 0 Å². The number of rotatable bonds is 2. The molecule has 0 aromatic heterocycles. The first kappa shape index (κ1) is 9.75. The molecule has 0 spiro atoms. The summed E-state index contributed by atoms with van der Waals surface area (Å²) in [4.78, 5) is 0. The van der Waals surface area contributed by atoms with Crippen LogP contribution < -0.4 is 0 Å². The Labute approximate surface area is 81.6 Å². The smallest absolute Gasteiger partial charge is 0.0552 e. The summed E-state index contributed by atoms with van der Waals surface area (Å²) in [6.07, 6.45) is 0.435. The van der Waals surface area contributed by atoms with Gasteiger partial charge in [0.05, 0.1) is 6.10 Å². The molecule has 0 radical (unpaired) electrons. The van der Waals surface area contributed by atoms with Crippen LogP contribution in [0, 0.1) is 6.92 Å². The van der Waals surface area contributed by atoms with Gasteiger partial charge in [0, 0.05) is 4.47 Å². The van der Waals surface area contributed by atoms with Crippen molar-refractivity contribution in [2.24, 2.45) is 0 Å².